The minimum atomic E-state index is -0.338. The number of hydrogen-bond acceptors (Lipinski definition) is 1. The maximum Gasteiger partial charge on any atom is 0.188 e. The number of aromatic nitrogens is 4. The van der Waals surface area contributed by atoms with E-state index in [0.29, 0.717) is 12.0 Å². The van der Waals surface area contributed by atoms with Gasteiger partial charge in [-0.1, -0.05) is 51.4 Å². The molecule has 5 heteroatoms. The average Bonchev–Trinajstić information content (AvgIpc) is 3.57. The summed E-state index contributed by atoms with van der Waals surface area (Å²) in [6.07, 6.45) is 4.13. The summed E-state index contributed by atoms with van der Waals surface area (Å²) in [4.78, 5) is 4.83. The van der Waals surface area contributed by atoms with Crippen molar-refractivity contribution in [3.05, 3.63) is 132 Å². The fourth-order valence-corrected chi connectivity index (χ4v) is 6.26. The second-order valence-electron chi connectivity index (χ2n) is 12.6. The molecule has 0 radical (unpaired) electrons. The first kappa shape index (κ1) is 30.0. The van der Waals surface area contributed by atoms with E-state index in [0.717, 1.165) is 33.7 Å². The molecule has 0 fully saturated rings. The Balaban J connectivity index is 0.00000343. The van der Waals surface area contributed by atoms with E-state index in [1.165, 1.54) is 27.4 Å². The van der Waals surface area contributed by atoms with Crippen molar-refractivity contribution >= 4 is 32.8 Å². The van der Waals surface area contributed by atoms with E-state index in [2.05, 4.69) is 165 Å². The summed E-state index contributed by atoms with van der Waals surface area (Å²) in [5.74, 6) is 1.35. The Morgan fingerprint density at radius 3 is 2.18 bits per heavy atom. The summed E-state index contributed by atoms with van der Waals surface area (Å²) in [6, 6.07) is 40.5. The van der Waals surface area contributed by atoms with Gasteiger partial charge in [0, 0.05) is 50.6 Å². The van der Waals surface area contributed by atoms with Gasteiger partial charge >= 0.3 is 0 Å². The van der Waals surface area contributed by atoms with Crippen LogP contribution in [0.5, 0.6) is 0 Å². The van der Waals surface area contributed by atoms with Crippen LogP contribution in [0.15, 0.2) is 104 Å². The molecule has 4 aromatic carbocycles. The van der Waals surface area contributed by atoms with Crippen LogP contribution < -0.4 is 0 Å². The maximum absolute atomic E-state index is 4.83. The third kappa shape index (κ3) is 4.90. The molecule has 0 saturated carbocycles. The first-order valence-corrected chi connectivity index (χ1v) is 15.2. The van der Waals surface area contributed by atoms with E-state index < -0.39 is 0 Å². The number of hydrogen-bond donors (Lipinski definition) is 0. The number of fused-ring (bicyclic) bond motifs is 4. The van der Waals surface area contributed by atoms with Crippen molar-refractivity contribution in [3.63, 3.8) is 0 Å². The minimum Gasteiger partial charge on any atom is -0.319 e. The monoisotopic (exact) mass is 756 g/mol. The molecule has 0 atom stereocenters. The molecule has 7 aromatic rings. The van der Waals surface area contributed by atoms with Gasteiger partial charge in [-0.3, -0.25) is 0 Å². The largest absolute Gasteiger partial charge is 0.319 e. The molecule has 0 N–H and O–H groups in total. The number of nitrogens with zero attached hydrogens (tertiary/aromatic N) is 4. The van der Waals surface area contributed by atoms with E-state index in [9.17, 15) is 0 Å². The first-order chi connectivity index (χ1) is 20.7. The van der Waals surface area contributed by atoms with Gasteiger partial charge in [0.15, 0.2) is 17.4 Å². The molecule has 3 heterocycles. The molecule has 3 aromatic heterocycles. The van der Waals surface area contributed by atoms with E-state index >= 15 is 0 Å². The van der Waals surface area contributed by atoms with E-state index in [-0.39, 0.29) is 26.5 Å². The topological polar surface area (TPSA) is 27.7 Å². The number of imidazole rings is 1. The summed E-state index contributed by atoms with van der Waals surface area (Å²) in [5, 5.41) is 2.39. The third-order valence-electron chi connectivity index (χ3n) is 8.85. The zero-order chi connectivity index (χ0) is 29.9. The molecule has 44 heavy (non-hydrogen) atoms. The van der Waals surface area contributed by atoms with Crippen molar-refractivity contribution in [1.29, 1.82) is 0 Å². The molecular formula is C39H37N4Pt-. The van der Waals surface area contributed by atoms with Crippen LogP contribution in [0.1, 0.15) is 70.2 Å². The normalized spacial score (nSPS) is 12.1. The van der Waals surface area contributed by atoms with Crippen molar-refractivity contribution in [2.45, 2.75) is 58.9 Å². The van der Waals surface area contributed by atoms with Crippen molar-refractivity contribution in [1.82, 2.24) is 18.7 Å². The first-order valence-electron chi connectivity index (χ1n) is 15.2. The van der Waals surface area contributed by atoms with Crippen molar-refractivity contribution in [2.24, 2.45) is 0 Å². The van der Waals surface area contributed by atoms with Gasteiger partial charge in [0.2, 0.25) is 0 Å². The number of para-hydroxylation sites is 3. The van der Waals surface area contributed by atoms with Crippen LogP contribution in [0.25, 0.3) is 44.3 Å². The molecule has 7 rings (SSSR count). The van der Waals surface area contributed by atoms with Crippen LogP contribution in [0, 0.1) is 12.1 Å². The molecule has 0 bridgehead atoms. The van der Waals surface area contributed by atoms with Crippen LogP contribution in [0.4, 0.5) is 0 Å². The van der Waals surface area contributed by atoms with Crippen LogP contribution in [-0.2, 0) is 26.5 Å². The Morgan fingerprint density at radius 1 is 0.727 bits per heavy atom. The Kier molecular flexibility index (Phi) is 7.84. The fraction of sp³-hybridized carbons (Fsp3) is 0.231. The standard InChI is InChI=1S/C39H37N4.Pt/c1-26(2)28-20-21-40-38(22-28)43-34-15-8-7-14-32(34)33-19-18-30(24-37(33)43)39(5,6)29-12-11-13-31(23-29)42-25-41(27(3)4)35-16-9-10-17-36(35)42;/h7-22,25-27H,1-6H3;/q-1;. The second kappa shape index (κ2) is 11.5. The molecule has 0 amide bonds. The molecule has 0 unspecified atom stereocenters. The summed E-state index contributed by atoms with van der Waals surface area (Å²) >= 11 is 0. The van der Waals surface area contributed by atoms with Gasteiger partial charge in [-0.15, -0.1) is 23.1 Å². The molecule has 224 valence electrons. The number of benzene rings is 4. The van der Waals surface area contributed by atoms with Crippen molar-refractivity contribution in [2.75, 3.05) is 0 Å². The van der Waals surface area contributed by atoms with Gasteiger partial charge in [-0.2, -0.15) is 35.9 Å². The number of pyridine rings is 1. The Hall–Kier alpha value is -4.01. The number of rotatable bonds is 6. The van der Waals surface area contributed by atoms with Gasteiger partial charge in [0.25, 0.3) is 0 Å². The van der Waals surface area contributed by atoms with Crippen LogP contribution in [0.3, 0.4) is 0 Å². The molecule has 0 aliphatic heterocycles. The minimum absolute atomic E-state index is 0. The van der Waals surface area contributed by atoms with Gasteiger partial charge in [0.05, 0.1) is 6.04 Å². The van der Waals surface area contributed by atoms with Gasteiger partial charge < -0.3 is 4.57 Å². The Labute approximate surface area is 274 Å². The van der Waals surface area contributed by atoms with E-state index in [4.69, 9.17) is 4.98 Å². The molecule has 4 nitrogen and oxygen atoms in total. The quantitative estimate of drug-likeness (QED) is 0.155. The Morgan fingerprint density at radius 2 is 1.43 bits per heavy atom. The Bertz CT molecular complexity index is 2130. The van der Waals surface area contributed by atoms with E-state index in [1.807, 2.05) is 6.20 Å². The SMILES string of the molecule is CC(C)c1ccnc(-n2c3[c-]c(C(C)(C)c4[c-]c(-n5[cH+]n(C(C)C)c6ccccc65)ccc4)ccc3c3ccccc32)c1.[Pt]. The third-order valence-corrected chi connectivity index (χ3v) is 8.85. The maximum atomic E-state index is 4.83. The van der Waals surface area contributed by atoms with Gasteiger partial charge in [-0.05, 0) is 66.5 Å². The molecule has 0 aliphatic carbocycles. The predicted molar refractivity (Wildman–Crippen MR) is 179 cm³/mol. The molecule has 0 spiro atoms. The fourth-order valence-electron chi connectivity index (χ4n) is 6.26. The van der Waals surface area contributed by atoms with Crippen molar-refractivity contribution < 1.29 is 21.1 Å². The summed E-state index contributed by atoms with van der Waals surface area (Å²) in [6.45, 7) is 13.4. The molecule has 0 saturated heterocycles. The smallest absolute Gasteiger partial charge is 0.188 e. The molecule has 0 aliphatic rings. The zero-order valence-corrected chi connectivity index (χ0v) is 28.3. The van der Waals surface area contributed by atoms with Crippen molar-refractivity contribution in [3.8, 4) is 11.5 Å². The van der Waals surface area contributed by atoms with Gasteiger partial charge in [-0.25, -0.2) is 14.1 Å². The summed E-state index contributed by atoms with van der Waals surface area (Å²) < 4.78 is 6.85. The van der Waals surface area contributed by atoms with E-state index in [1.54, 1.807) is 0 Å². The predicted octanol–water partition coefficient (Wildman–Crippen LogP) is 9.83. The van der Waals surface area contributed by atoms with Gasteiger partial charge in [0.1, 0.15) is 5.82 Å². The summed E-state index contributed by atoms with van der Waals surface area (Å²) in [5.41, 5.74) is 8.79. The average molecular weight is 757 g/mol. The van der Waals surface area contributed by atoms with Crippen LogP contribution >= 0.6 is 0 Å². The zero-order valence-electron chi connectivity index (χ0n) is 26.1. The summed E-state index contributed by atoms with van der Waals surface area (Å²) in [7, 11) is 0. The van der Waals surface area contributed by atoms with Crippen LogP contribution in [-0.4, -0.2) is 18.7 Å². The second-order valence-corrected chi connectivity index (χ2v) is 12.6. The van der Waals surface area contributed by atoms with Crippen LogP contribution in [0.2, 0.25) is 0 Å². The molecular weight excluding hydrogens is 720 g/mol.